The van der Waals surface area contributed by atoms with Gasteiger partial charge in [-0.15, -0.1) is 0 Å². The van der Waals surface area contributed by atoms with E-state index in [0.29, 0.717) is 0 Å². The second-order valence-electron chi connectivity index (χ2n) is 3.73. The maximum absolute atomic E-state index is 3.76. The van der Waals surface area contributed by atoms with Gasteiger partial charge >= 0.3 is 0 Å². The molecule has 86 valence electrons. The highest BCUT2D eigenvalue weighted by Gasteiger charge is 1.96. The Morgan fingerprint density at radius 3 is 2.06 bits per heavy atom. The molecule has 0 heteroatoms. The van der Waals surface area contributed by atoms with Crippen LogP contribution in [0.5, 0.6) is 0 Å². The molecule has 0 saturated heterocycles. The SMILES string of the molecule is C=C/C=C(C=C(C)C)/C(/C=C\C)=C\C=C/C. The molecule has 0 radical (unpaired) electrons. The number of rotatable bonds is 5. The highest BCUT2D eigenvalue weighted by Crippen LogP contribution is 2.16. The summed E-state index contributed by atoms with van der Waals surface area (Å²) >= 11 is 0. The lowest BCUT2D eigenvalue weighted by atomic mass is 10.0. The van der Waals surface area contributed by atoms with Crippen molar-refractivity contribution in [2.45, 2.75) is 27.7 Å². The van der Waals surface area contributed by atoms with E-state index in [1.54, 1.807) is 0 Å². The summed E-state index contributed by atoms with van der Waals surface area (Å²) in [5, 5.41) is 0. The van der Waals surface area contributed by atoms with E-state index in [0.717, 1.165) is 0 Å². The first-order valence-corrected chi connectivity index (χ1v) is 5.59. The monoisotopic (exact) mass is 214 g/mol. The molecule has 0 rings (SSSR count). The second-order valence-corrected chi connectivity index (χ2v) is 3.73. The third-order valence-corrected chi connectivity index (χ3v) is 1.89. The van der Waals surface area contributed by atoms with Gasteiger partial charge in [-0.3, -0.25) is 0 Å². The molecule has 0 saturated carbocycles. The van der Waals surface area contributed by atoms with Crippen molar-refractivity contribution in [1.29, 1.82) is 0 Å². The van der Waals surface area contributed by atoms with E-state index < -0.39 is 0 Å². The molecule has 0 aromatic rings. The van der Waals surface area contributed by atoms with Crippen LogP contribution in [0.4, 0.5) is 0 Å². The lowest BCUT2D eigenvalue weighted by molar-refractivity contribution is 1.36. The van der Waals surface area contributed by atoms with E-state index in [1.165, 1.54) is 16.7 Å². The summed E-state index contributed by atoms with van der Waals surface area (Å²) in [5.41, 5.74) is 3.66. The van der Waals surface area contributed by atoms with Gasteiger partial charge in [-0.25, -0.2) is 0 Å². The normalized spacial score (nSPS) is 13.5. The molecule has 0 aromatic heterocycles. The summed E-state index contributed by atoms with van der Waals surface area (Å²) in [7, 11) is 0. The van der Waals surface area contributed by atoms with Gasteiger partial charge in [0, 0.05) is 0 Å². The third kappa shape index (κ3) is 6.02. The molecule has 0 bridgehead atoms. The number of hydrogen-bond acceptors (Lipinski definition) is 0. The van der Waals surface area contributed by atoms with Gasteiger partial charge in [0.2, 0.25) is 0 Å². The highest BCUT2D eigenvalue weighted by atomic mass is 14.0. The van der Waals surface area contributed by atoms with Crippen LogP contribution in [-0.2, 0) is 0 Å². The summed E-state index contributed by atoms with van der Waals surface area (Å²) in [5.74, 6) is 0. The van der Waals surface area contributed by atoms with Crippen LogP contribution in [-0.4, -0.2) is 0 Å². The van der Waals surface area contributed by atoms with Crippen LogP contribution >= 0.6 is 0 Å². The zero-order chi connectivity index (χ0) is 12.4. The summed E-state index contributed by atoms with van der Waals surface area (Å²) in [6, 6.07) is 0. The fourth-order valence-corrected chi connectivity index (χ4v) is 1.29. The maximum Gasteiger partial charge on any atom is -0.0185 e. The zero-order valence-corrected chi connectivity index (χ0v) is 10.8. The first-order valence-electron chi connectivity index (χ1n) is 5.59. The summed E-state index contributed by atoms with van der Waals surface area (Å²) in [4.78, 5) is 0. The van der Waals surface area contributed by atoms with Gasteiger partial charge in [0.05, 0.1) is 0 Å². The van der Waals surface area contributed by atoms with E-state index in [-0.39, 0.29) is 0 Å². The standard InChI is InChI=1S/C16H22/c1-6-9-12-15(10-7-2)16(11-8-3)13-14(4)5/h6-13H,3H2,1-2,4-5H3/b9-6-,10-7-,15-12-,16-11+. The highest BCUT2D eigenvalue weighted by molar-refractivity contribution is 5.49. The first kappa shape index (κ1) is 14.4. The molecule has 0 aliphatic heterocycles. The van der Waals surface area contributed by atoms with Gasteiger partial charge in [-0.1, -0.05) is 60.8 Å². The van der Waals surface area contributed by atoms with Crippen LogP contribution in [0.25, 0.3) is 0 Å². The zero-order valence-electron chi connectivity index (χ0n) is 10.8. The molecule has 0 unspecified atom stereocenters. The molecule has 0 spiro atoms. The predicted octanol–water partition coefficient (Wildman–Crippen LogP) is 5.14. The maximum atomic E-state index is 3.76. The van der Waals surface area contributed by atoms with Gasteiger partial charge < -0.3 is 0 Å². The largest absolute Gasteiger partial charge is 0.0990 e. The van der Waals surface area contributed by atoms with Crippen LogP contribution < -0.4 is 0 Å². The van der Waals surface area contributed by atoms with Gasteiger partial charge in [0.1, 0.15) is 0 Å². The second kappa shape index (κ2) is 8.72. The topological polar surface area (TPSA) is 0 Å². The van der Waals surface area contributed by atoms with Crippen molar-refractivity contribution in [3.8, 4) is 0 Å². The van der Waals surface area contributed by atoms with Crippen LogP contribution in [0, 0.1) is 0 Å². The van der Waals surface area contributed by atoms with Crippen LogP contribution in [0.2, 0.25) is 0 Å². The number of allylic oxidation sites excluding steroid dienone is 11. The quantitative estimate of drug-likeness (QED) is 0.556. The molecular formula is C16H22. The van der Waals surface area contributed by atoms with Gasteiger partial charge in [-0.2, -0.15) is 0 Å². The predicted molar refractivity (Wildman–Crippen MR) is 75.4 cm³/mol. The minimum atomic E-state index is 1.19. The van der Waals surface area contributed by atoms with Gasteiger partial charge in [0.25, 0.3) is 0 Å². The van der Waals surface area contributed by atoms with Crippen LogP contribution in [0.1, 0.15) is 27.7 Å². The molecule has 0 aliphatic carbocycles. The molecule has 0 heterocycles. The smallest absolute Gasteiger partial charge is 0.0185 e. The molecule has 0 amide bonds. The minimum Gasteiger partial charge on any atom is -0.0990 e. The van der Waals surface area contributed by atoms with Crippen molar-refractivity contribution >= 4 is 0 Å². The Balaban J connectivity index is 5.36. The number of hydrogen-bond donors (Lipinski definition) is 0. The molecule has 0 nitrogen and oxygen atoms in total. The average Bonchev–Trinajstić information content (AvgIpc) is 2.23. The Morgan fingerprint density at radius 1 is 0.938 bits per heavy atom. The van der Waals surface area contributed by atoms with Crippen molar-refractivity contribution in [2.75, 3.05) is 0 Å². The summed E-state index contributed by atoms with van der Waals surface area (Å²) in [6.07, 6.45) is 16.3. The lowest BCUT2D eigenvalue weighted by Gasteiger charge is -2.03. The minimum absolute atomic E-state index is 1.19. The Bertz CT molecular complexity index is 353. The van der Waals surface area contributed by atoms with Gasteiger partial charge in [-0.05, 0) is 38.8 Å². The molecule has 0 fully saturated rings. The van der Waals surface area contributed by atoms with Crippen molar-refractivity contribution in [3.63, 3.8) is 0 Å². The molecule has 0 N–H and O–H groups in total. The van der Waals surface area contributed by atoms with E-state index in [1.807, 2.05) is 44.2 Å². The Hall–Kier alpha value is -1.56. The fraction of sp³-hybridized carbons (Fsp3) is 0.250. The molecule has 0 atom stereocenters. The third-order valence-electron chi connectivity index (χ3n) is 1.89. The average molecular weight is 214 g/mol. The van der Waals surface area contributed by atoms with E-state index in [4.69, 9.17) is 0 Å². The van der Waals surface area contributed by atoms with Crippen molar-refractivity contribution in [1.82, 2.24) is 0 Å². The van der Waals surface area contributed by atoms with Crippen molar-refractivity contribution in [2.24, 2.45) is 0 Å². The van der Waals surface area contributed by atoms with Crippen molar-refractivity contribution in [3.05, 3.63) is 71.9 Å². The molecule has 0 aliphatic rings. The van der Waals surface area contributed by atoms with Crippen LogP contribution in [0.3, 0.4) is 0 Å². The first-order chi connectivity index (χ1) is 7.65. The Kier molecular flexibility index (Phi) is 7.87. The summed E-state index contributed by atoms with van der Waals surface area (Å²) < 4.78 is 0. The van der Waals surface area contributed by atoms with E-state index in [9.17, 15) is 0 Å². The van der Waals surface area contributed by atoms with Crippen LogP contribution in [0.15, 0.2) is 71.9 Å². The Morgan fingerprint density at radius 2 is 1.62 bits per heavy atom. The molecule has 16 heavy (non-hydrogen) atoms. The van der Waals surface area contributed by atoms with E-state index in [2.05, 4.69) is 38.7 Å². The fourth-order valence-electron chi connectivity index (χ4n) is 1.29. The van der Waals surface area contributed by atoms with Crippen molar-refractivity contribution < 1.29 is 0 Å². The van der Waals surface area contributed by atoms with E-state index >= 15 is 0 Å². The van der Waals surface area contributed by atoms with Gasteiger partial charge in [0.15, 0.2) is 0 Å². The lowest BCUT2D eigenvalue weighted by Crippen LogP contribution is -1.84. The molecular weight excluding hydrogens is 192 g/mol. The Labute approximate surface area is 100 Å². The summed E-state index contributed by atoms with van der Waals surface area (Å²) in [6.45, 7) is 12.0. The molecule has 0 aromatic carbocycles.